The van der Waals surface area contributed by atoms with Gasteiger partial charge in [0.1, 0.15) is 11.0 Å². The highest BCUT2D eigenvalue weighted by Gasteiger charge is 2.15. The fourth-order valence-electron chi connectivity index (χ4n) is 2.05. The van der Waals surface area contributed by atoms with Crippen LogP contribution < -0.4 is 0 Å². The lowest BCUT2D eigenvalue weighted by Gasteiger charge is -2.02. The highest BCUT2D eigenvalue weighted by atomic mass is 35.5. The molecule has 0 bridgehead atoms. The van der Waals surface area contributed by atoms with Crippen LogP contribution in [0.15, 0.2) is 12.3 Å². The van der Waals surface area contributed by atoms with E-state index < -0.39 is 0 Å². The summed E-state index contributed by atoms with van der Waals surface area (Å²) in [4.78, 5) is 4.22. The molecular formula is C11H11ClN6. The molecular weight excluding hydrogens is 252 g/mol. The van der Waals surface area contributed by atoms with E-state index in [1.165, 1.54) is 0 Å². The Morgan fingerprint density at radius 2 is 2.00 bits per heavy atom. The third-order valence-electron chi connectivity index (χ3n) is 2.78. The van der Waals surface area contributed by atoms with Gasteiger partial charge in [-0.05, 0) is 13.8 Å². The summed E-state index contributed by atoms with van der Waals surface area (Å²) in [6.45, 7) is 3.81. The highest BCUT2D eigenvalue weighted by molar-refractivity contribution is 6.29. The molecule has 0 atom stereocenters. The molecule has 0 N–H and O–H groups in total. The Kier molecular flexibility index (Phi) is 2.34. The van der Waals surface area contributed by atoms with Crippen molar-refractivity contribution in [3.8, 4) is 11.4 Å². The van der Waals surface area contributed by atoms with Crippen molar-refractivity contribution in [1.29, 1.82) is 0 Å². The minimum absolute atomic E-state index is 0.418. The number of rotatable bonds is 1. The van der Waals surface area contributed by atoms with Crippen molar-refractivity contribution in [2.45, 2.75) is 13.8 Å². The van der Waals surface area contributed by atoms with Gasteiger partial charge in [0.15, 0.2) is 11.5 Å². The van der Waals surface area contributed by atoms with Crippen molar-refractivity contribution in [2.24, 2.45) is 7.05 Å². The van der Waals surface area contributed by atoms with Crippen molar-refractivity contribution < 1.29 is 0 Å². The number of hydrogen-bond acceptors (Lipinski definition) is 4. The average Bonchev–Trinajstić information content (AvgIpc) is 2.81. The molecule has 0 unspecified atom stereocenters. The van der Waals surface area contributed by atoms with E-state index in [1.54, 1.807) is 10.7 Å². The summed E-state index contributed by atoms with van der Waals surface area (Å²) >= 11 is 5.91. The highest BCUT2D eigenvalue weighted by Crippen LogP contribution is 2.23. The fourth-order valence-corrected chi connectivity index (χ4v) is 2.27. The van der Waals surface area contributed by atoms with Gasteiger partial charge in [-0.2, -0.15) is 5.10 Å². The third-order valence-corrected chi connectivity index (χ3v) is 2.98. The van der Waals surface area contributed by atoms with E-state index in [4.69, 9.17) is 11.6 Å². The molecule has 18 heavy (non-hydrogen) atoms. The zero-order valence-corrected chi connectivity index (χ0v) is 11.0. The lowest BCUT2D eigenvalue weighted by molar-refractivity contribution is 0.756. The first-order valence-electron chi connectivity index (χ1n) is 5.45. The first-order valence-corrected chi connectivity index (χ1v) is 5.83. The Morgan fingerprint density at radius 3 is 2.67 bits per heavy atom. The van der Waals surface area contributed by atoms with E-state index >= 15 is 0 Å². The van der Waals surface area contributed by atoms with Gasteiger partial charge < -0.3 is 0 Å². The number of aromatic nitrogens is 6. The number of nitrogens with zero attached hydrogens (tertiary/aromatic N) is 6. The van der Waals surface area contributed by atoms with E-state index in [-0.39, 0.29) is 0 Å². The van der Waals surface area contributed by atoms with Crippen molar-refractivity contribution in [1.82, 2.24) is 29.4 Å². The molecule has 0 saturated carbocycles. The van der Waals surface area contributed by atoms with Crippen LogP contribution in [0.25, 0.3) is 17.0 Å². The molecule has 0 fully saturated rings. The average molecular weight is 263 g/mol. The molecule has 0 aliphatic heterocycles. The van der Waals surface area contributed by atoms with E-state index in [9.17, 15) is 0 Å². The van der Waals surface area contributed by atoms with Gasteiger partial charge in [-0.3, -0.25) is 9.08 Å². The van der Waals surface area contributed by atoms with Crippen molar-refractivity contribution in [3.63, 3.8) is 0 Å². The fraction of sp³-hybridized carbons (Fsp3) is 0.273. The maximum atomic E-state index is 5.91. The smallest absolute Gasteiger partial charge is 0.173 e. The van der Waals surface area contributed by atoms with Crippen LogP contribution in [0.4, 0.5) is 0 Å². The Balaban J connectivity index is 2.34. The van der Waals surface area contributed by atoms with Crippen LogP contribution in [-0.2, 0) is 7.05 Å². The molecule has 0 radical (unpaired) electrons. The van der Waals surface area contributed by atoms with Crippen LogP contribution in [0, 0.1) is 13.8 Å². The van der Waals surface area contributed by atoms with Gasteiger partial charge in [-0.1, -0.05) is 11.6 Å². The van der Waals surface area contributed by atoms with E-state index in [2.05, 4.69) is 20.3 Å². The summed E-state index contributed by atoms with van der Waals surface area (Å²) in [5.74, 6) is 1.48. The van der Waals surface area contributed by atoms with E-state index in [0.717, 1.165) is 22.9 Å². The van der Waals surface area contributed by atoms with Gasteiger partial charge in [-0.25, -0.2) is 4.98 Å². The molecule has 92 valence electrons. The summed E-state index contributed by atoms with van der Waals surface area (Å²) in [6.07, 6.45) is 1.92. The van der Waals surface area contributed by atoms with Gasteiger partial charge in [0.05, 0.1) is 11.3 Å². The standard InChI is InChI=1S/C11H11ClN6/c1-6-8(5-17(3)16-6)11-15-14-10-4-9(12)13-7(2)18(10)11/h4-5H,1-3H3. The van der Waals surface area contributed by atoms with Crippen LogP contribution in [0.2, 0.25) is 5.15 Å². The Bertz CT molecular complexity index is 741. The molecule has 3 rings (SSSR count). The van der Waals surface area contributed by atoms with Crippen LogP contribution in [0.1, 0.15) is 11.5 Å². The molecule has 6 nitrogen and oxygen atoms in total. The predicted octanol–water partition coefficient (Wildman–Crippen LogP) is 1.80. The Labute approximate surface area is 108 Å². The Hall–Kier alpha value is -1.95. The second-order valence-electron chi connectivity index (χ2n) is 4.15. The quantitative estimate of drug-likeness (QED) is 0.628. The van der Waals surface area contributed by atoms with Gasteiger partial charge >= 0.3 is 0 Å². The molecule has 0 spiro atoms. The zero-order chi connectivity index (χ0) is 12.9. The maximum Gasteiger partial charge on any atom is 0.173 e. The van der Waals surface area contributed by atoms with E-state index in [0.29, 0.717) is 10.8 Å². The van der Waals surface area contributed by atoms with Crippen LogP contribution >= 0.6 is 11.6 Å². The predicted molar refractivity (Wildman–Crippen MR) is 67.5 cm³/mol. The van der Waals surface area contributed by atoms with Crippen LogP contribution in [0.3, 0.4) is 0 Å². The first kappa shape index (κ1) is 11.2. The minimum Gasteiger partial charge on any atom is -0.275 e. The topological polar surface area (TPSA) is 60.9 Å². The van der Waals surface area contributed by atoms with Crippen LogP contribution in [0.5, 0.6) is 0 Å². The molecule has 0 aliphatic rings. The maximum absolute atomic E-state index is 5.91. The third kappa shape index (κ3) is 1.57. The summed E-state index contributed by atoms with van der Waals surface area (Å²) < 4.78 is 3.63. The number of aryl methyl sites for hydroxylation is 3. The van der Waals surface area contributed by atoms with Crippen molar-refractivity contribution in [2.75, 3.05) is 0 Å². The summed E-state index contributed by atoms with van der Waals surface area (Å²) in [5, 5.41) is 13.0. The molecule has 3 aromatic heterocycles. The van der Waals surface area contributed by atoms with Gasteiger partial charge in [0.25, 0.3) is 0 Å². The molecule has 0 saturated heterocycles. The van der Waals surface area contributed by atoms with Crippen molar-refractivity contribution in [3.05, 3.63) is 28.9 Å². The molecule has 7 heteroatoms. The lowest BCUT2D eigenvalue weighted by atomic mass is 10.2. The molecule has 0 amide bonds. The minimum atomic E-state index is 0.418. The number of hydrogen-bond donors (Lipinski definition) is 0. The summed E-state index contributed by atoms with van der Waals surface area (Å²) in [7, 11) is 1.88. The van der Waals surface area contributed by atoms with Gasteiger partial charge in [-0.15, -0.1) is 10.2 Å². The molecule has 0 aliphatic carbocycles. The van der Waals surface area contributed by atoms with Crippen LogP contribution in [-0.4, -0.2) is 29.4 Å². The summed E-state index contributed by atoms with van der Waals surface area (Å²) in [6, 6.07) is 1.69. The normalized spacial score (nSPS) is 11.3. The second kappa shape index (κ2) is 3.78. The zero-order valence-electron chi connectivity index (χ0n) is 10.2. The molecule has 3 heterocycles. The van der Waals surface area contributed by atoms with Gasteiger partial charge in [0, 0.05) is 19.3 Å². The Morgan fingerprint density at radius 1 is 1.22 bits per heavy atom. The number of fused-ring (bicyclic) bond motifs is 1. The van der Waals surface area contributed by atoms with Crippen molar-refractivity contribution >= 4 is 17.2 Å². The largest absolute Gasteiger partial charge is 0.275 e. The SMILES string of the molecule is Cc1nn(C)cc1-c1nnc2cc(Cl)nc(C)n12. The second-order valence-corrected chi connectivity index (χ2v) is 4.53. The van der Waals surface area contributed by atoms with E-state index in [1.807, 2.05) is 31.5 Å². The first-order chi connectivity index (χ1) is 8.56. The van der Waals surface area contributed by atoms with Gasteiger partial charge in [0.2, 0.25) is 0 Å². The number of halogens is 1. The lowest BCUT2D eigenvalue weighted by Crippen LogP contribution is -1.98. The molecule has 0 aromatic carbocycles. The molecule has 3 aromatic rings. The monoisotopic (exact) mass is 262 g/mol. The summed E-state index contributed by atoms with van der Waals surface area (Å²) in [5.41, 5.74) is 2.53.